The summed E-state index contributed by atoms with van der Waals surface area (Å²) in [5, 5.41) is 2.87. The van der Waals surface area contributed by atoms with Crippen LogP contribution in [0, 0.1) is 19.7 Å². The monoisotopic (exact) mass is 338 g/mol. The third kappa shape index (κ3) is 3.94. The highest BCUT2D eigenvalue weighted by atomic mass is 19.1. The number of anilines is 1. The molecule has 1 heterocycles. The summed E-state index contributed by atoms with van der Waals surface area (Å²) in [5.41, 5.74) is 3.52. The minimum Gasteiger partial charge on any atom is -0.308 e. The summed E-state index contributed by atoms with van der Waals surface area (Å²) in [6, 6.07) is 10.9. The van der Waals surface area contributed by atoms with Gasteiger partial charge in [0.05, 0.1) is 6.04 Å². The van der Waals surface area contributed by atoms with Crippen LogP contribution in [0.3, 0.4) is 0 Å². The Morgan fingerprint density at radius 3 is 2.40 bits per heavy atom. The molecule has 0 aliphatic carbocycles. The average Bonchev–Trinajstić information content (AvgIpc) is 2.54. The predicted octanol–water partition coefficient (Wildman–Crippen LogP) is 4.50. The molecule has 2 aromatic rings. The third-order valence-electron chi connectivity index (χ3n) is 4.11. The summed E-state index contributed by atoms with van der Waals surface area (Å²) in [5.74, 6) is -0.419. The molecule has 0 fully saturated rings. The molecule has 0 saturated heterocycles. The second-order valence-electron chi connectivity index (χ2n) is 6.27. The van der Waals surface area contributed by atoms with Crippen LogP contribution in [-0.4, -0.2) is 16.7 Å². The second kappa shape index (κ2) is 6.89. The first-order valence-electron chi connectivity index (χ1n) is 8.06. The lowest BCUT2D eigenvalue weighted by atomic mass is 9.97. The molecular formula is C20H19FN2O2. The zero-order valence-electron chi connectivity index (χ0n) is 14.1. The lowest BCUT2D eigenvalue weighted by Crippen LogP contribution is -2.37. The van der Waals surface area contributed by atoms with E-state index < -0.39 is 6.04 Å². The number of hydrogen-bond acceptors (Lipinski definition) is 2. The number of carbonyl (C=O) groups is 2. The van der Waals surface area contributed by atoms with Crippen molar-refractivity contribution in [1.29, 1.82) is 0 Å². The summed E-state index contributed by atoms with van der Waals surface area (Å²) in [7, 11) is 0. The van der Waals surface area contributed by atoms with Gasteiger partial charge in [-0.15, -0.1) is 0 Å². The van der Waals surface area contributed by atoms with Crippen LogP contribution in [-0.2, 0) is 4.79 Å². The number of ketones is 1. The first-order chi connectivity index (χ1) is 11.9. The standard InChI is InChI=1S/C20H19FN2O2/c1-13-9-14(2)11-17(10-13)22-20(25)23-8-7-18(24)12-19(23)15-3-5-16(21)6-4-15/h3-11,19H,12H2,1-2H3,(H,22,25). The van der Waals surface area contributed by atoms with Gasteiger partial charge in [0, 0.05) is 18.3 Å². The van der Waals surface area contributed by atoms with E-state index in [9.17, 15) is 14.0 Å². The Morgan fingerprint density at radius 1 is 1.12 bits per heavy atom. The fourth-order valence-corrected chi connectivity index (χ4v) is 3.03. The van der Waals surface area contributed by atoms with E-state index >= 15 is 0 Å². The molecule has 2 aromatic carbocycles. The summed E-state index contributed by atoms with van der Waals surface area (Å²) in [6.07, 6.45) is 3.04. The van der Waals surface area contributed by atoms with Crippen molar-refractivity contribution < 1.29 is 14.0 Å². The number of hydrogen-bond donors (Lipinski definition) is 1. The number of halogens is 1. The third-order valence-corrected chi connectivity index (χ3v) is 4.11. The van der Waals surface area contributed by atoms with Gasteiger partial charge in [-0.05, 0) is 60.9 Å². The molecule has 0 spiro atoms. The molecule has 25 heavy (non-hydrogen) atoms. The Bertz CT molecular complexity index is 823. The Morgan fingerprint density at radius 2 is 1.76 bits per heavy atom. The average molecular weight is 338 g/mol. The summed E-state index contributed by atoms with van der Waals surface area (Å²) in [6.45, 7) is 3.92. The number of allylic oxidation sites excluding steroid dienone is 1. The van der Waals surface area contributed by atoms with Gasteiger partial charge < -0.3 is 5.32 Å². The van der Waals surface area contributed by atoms with Crippen molar-refractivity contribution in [2.45, 2.75) is 26.3 Å². The summed E-state index contributed by atoms with van der Waals surface area (Å²) >= 11 is 0. The summed E-state index contributed by atoms with van der Waals surface area (Å²) in [4.78, 5) is 26.0. The number of aryl methyl sites for hydroxylation is 2. The van der Waals surface area contributed by atoms with Crippen molar-refractivity contribution in [3.8, 4) is 0 Å². The molecule has 1 unspecified atom stereocenters. The number of nitrogens with one attached hydrogen (secondary N) is 1. The van der Waals surface area contributed by atoms with Crippen LogP contribution in [0.4, 0.5) is 14.9 Å². The quantitative estimate of drug-likeness (QED) is 0.876. The second-order valence-corrected chi connectivity index (χ2v) is 6.27. The molecular weight excluding hydrogens is 319 g/mol. The predicted molar refractivity (Wildman–Crippen MR) is 94.7 cm³/mol. The van der Waals surface area contributed by atoms with E-state index in [4.69, 9.17) is 0 Å². The molecule has 5 heteroatoms. The number of rotatable bonds is 2. The van der Waals surface area contributed by atoms with Gasteiger partial charge in [-0.25, -0.2) is 9.18 Å². The van der Waals surface area contributed by atoms with Gasteiger partial charge in [-0.3, -0.25) is 9.69 Å². The SMILES string of the molecule is Cc1cc(C)cc(NC(=O)N2C=CC(=O)CC2c2ccc(F)cc2)c1. The van der Waals surface area contributed by atoms with Crippen molar-refractivity contribution in [2.24, 2.45) is 0 Å². The lowest BCUT2D eigenvalue weighted by Gasteiger charge is -2.31. The van der Waals surface area contributed by atoms with Crippen LogP contribution in [0.25, 0.3) is 0 Å². The van der Waals surface area contributed by atoms with E-state index in [1.165, 1.54) is 29.3 Å². The molecule has 3 rings (SSSR count). The Hall–Kier alpha value is -2.95. The maximum atomic E-state index is 13.2. The molecule has 1 aliphatic heterocycles. The molecule has 0 bridgehead atoms. The van der Waals surface area contributed by atoms with E-state index in [1.54, 1.807) is 12.1 Å². The van der Waals surface area contributed by atoms with Crippen LogP contribution in [0.15, 0.2) is 54.7 Å². The summed E-state index contributed by atoms with van der Waals surface area (Å²) < 4.78 is 13.2. The first kappa shape index (κ1) is 16.9. The fourth-order valence-electron chi connectivity index (χ4n) is 3.03. The Kier molecular flexibility index (Phi) is 4.65. The van der Waals surface area contributed by atoms with Gasteiger partial charge in [0.2, 0.25) is 0 Å². The van der Waals surface area contributed by atoms with E-state index in [-0.39, 0.29) is 24.1 Å². The highest BCUT2D eigenvalue weighted by Gasteiger charge is 2.28. The topological polar surface area (TPSA) is 49.4 Å². The van der Waals surface area contributed by atoms with Crippen LogP contribution in [0.1, 0.15) is 29.2 Å². The molecule has 1 atom stereocenters. The van der Waals surface area contributed by atoms with Gasteiger partial charge in [-0.1, -0.05) is 18.2 Å². The highest BCUT2D eigenvalue weighted by molar-refractivity contribution is 5.96. The molecule has 0 radical (unpaired) electrons. The van der Waals surface area contributed by atoms with Crippen molar-refractivity contribution in [3.63, 3.8) is 0 Å². The normalized spacial score (nSPS) is 16.8. The molecule has 128 valence electrons. The Balaban J connectivity index is 1.86. The lowest BCUT2D eigenvalue weighted by molar-refractivity contribution is -0.116. The van der Waals surface area contributed by atoms with Gasteiger partial charge in [0.15, 0.2) is 5.78 Å². The molecule has 4 nitrogen and oxygen atoms in total. The zero-order valence-corrected chi connectivity index (χ0v) is 14.1. The molecule has 1 N–H and O–H groups in total. The minimum absolute atomic E-state index is 0.0650. The van der Waals surface area contributed by atoms with Gasteiger partial charge >= 0.3 is 6.03 Å². The number of benzene rings is 2. The smallest absolute Gasteiger partial charge is 0.308 e. The fraction of sp³-hybridized carbons (Fsp3) is 0.200. The van der Waals surface area contributed by atoms with E-state index in [1.807, 2.05) is 32.0 Å². The highest BCUT2D eigenvalue weighted by Crippen LogP contribution is 2.29. The first-order valence-corrected chi connectivity index (χ1v) is 8.06. The number of carbonyl (C=O) groups excluding carboxylic acids is 2. The number of nitrogens with zero attached hydrogens (tertiary/aromatic N) is 1. The number of amides is 2. The Labute approximate surface area is 146 Å². The van der Waals surface area contributed by atoms with Crippen LogP contribution < -0.4 is 5.32 Å². The van der Waals surface area contributed by atoms with E-state index in [0.717, 1.165) is 16.7 Å². The zero-order chi connectivity index (χ0) is 18.0. The molecule has 1 aliphatic rings. The van der Waals surface area contributed by atoms with Gasteiger partial charge in [-0.2, -0.15) is 0 Å². The minimum atomic E-state index is -0.455. The van der Waals surface area contributed by atoms with Crippen molar-refractivity contribution in [2.75, 3.05) is 5.32 Å². The van der Waals surface area contributed by atoms with Crippen LogP contribution in [0.5, 0.6) is 0 Å². The largest absolute Gasteiger partial charge is 0.326 e. The van der Waals surface area contributed by atoms with Gasteiger partial charge in [0.1, 0.15) is 5.82 Å². The van der Waals surface area contributed by atoms with Gasteiger partial charge in [0.25, 0.3) is 0 Å². The molecule has 0 saturated carbocycles. The van der Waals surface area contributed by atoms with Crippen LogP contribution in [0.2, 0.25) is 0 Å². The maximum Gasteiger partial charge on any atom is 0.326 e. The van der Waals surface area contributed by atoms with Crippen molar-refractivity contribution >= 4 is 17.5 Å². The van der Waals surface area contributed by atoms with E-state index in [2.05, 4.69) is 5.32 Å². The molecule has 2 amide bonds. The van der Waals surface area contributed by atoms with E-state index in [0.29, 0.717) is 5.69 Å². The number of urea groups is 1. The van der Waals surface area contributed by atoms with Crippen molar-refractivity contribution in [1.82, 2.24) is 4.90 Å². The molecule has 0 aromatic heterocycles. The maximum absolute atomic E-state index is 13.2. The van der Waals surface area contributed by atoms with Crippen molar-refractivity contribution in [3.05, 3.63) is 77.2 Å². The van der Waals surface area contributed by atoms with Crippen LogP contribution >= 0.6 is 0 Å².